The van der Waals surface area contributed by atoms with E-state index in [0.717, 1.165) is 0 Å². The van der Waals surface area contributed by atoms with Gasteiger partial charge in [-0.25, -0.2) is 0 Å². The molecule has 0 aromatic rings. The molecule has 0 aliphatic rings. The third kappa shape index (κ3) is 27.3. The van der Waals surface area contributed by atoms with Gasteiger partial charge in [0.1, 0.15) is 0 Å². The van der Waals surface area contributed by atoms with Crippen molar-refractivity contribution in [3.8, 4) is 0 Å². The fourth-order valence-corrected chi connectivity index (χ4v) is 0. The molecule has 0 saturated heterocycles. The number of halogens is 2. The molecule has 0 N–H and O–H groups in total. The Balaban J connectivity index is -0.0000000200. The standard InChI is InChI=1S/2CH3.2BrH.Ti/h2*1H3;2*1H;/q2*-1;;;+2/p-2. The van der Waals surface area contributed by atoms with Crippen LogP contribution in [-0.2, 0) is 15.0 Å². The molecule has 0 spiro atoms. The summed E-state index contributed by atoms with van der Waals surface area (Å²) in [5.74, 6) is 0. The van der Waals surface area contributed by atoms with Crippen LogP contribution in [-0.4, -0.2) is 0 Å². The summed E-state index contributed by atoms with van der Waals surface area (Å²) < 4.78 is 0. The first-order valence-electron chi connectivity index (χ1n) is 0.378. The number of rotatable bonds is 0. The van der Waals surface area contributed by atoms with E-state index in [-0.39, 0.29) is 29.8 Å². The van der Waals surface area contributed by atoms with Crippen LogP contribution in [0.2, 0.25) is 0 Å². The van der Waals surface area contributed by atoms with Crippen LogP contribution < -0.4 is 0 Å². The first-order valence-corrected chi connectivity index (χ1v) is 8.10. The molecule has 34 valence electrons. The SMILES string of the molecule is [Br][Ti][Br].[CH3-].[CH3-]. The van der Waals surface area contributed by atoms with Gasteiger partial charge in [-0.3, -0.25) is 0 Å². The maximum absolute atomic E-state index is 3.19. The summed E-state index contributed by atoms with van der Waals surface area (Å²) in [6, 6.07) is 0. The van der Waals surface area contributed by atoms with Crippen molar-refractivity contribution in [3.05, 3.63) is 14.9 Å². The van der Waals surface area contributed by atoms with E-state index < -0.39 is 0 Å². The van der Waals surface area contributed by atoms with Crippen molar-refractivity contribution in [3.63, 3.8) is 0 Å². The van der Waals surface area contributed by atoms with E-state index in [0.29, 0.717) is 0 Å². The van der Waals surface area contributed by atoms with Crippen LogP contribution in [0.4, 0.5) is 0 Å². The molecule has 0 radical (unpaired) electrons. The second-order valence-electron chi connectivity index (χ2n) is 0.0714. The van der Waals surface area contributed by atoms with E-state index in [2.05, 4.69) is 26.3 Å². The van der Waals surface area contributed by atoms with Gasteiger partial charge in [-0.1, -0.05) is 0 Å². The minimum absolute atomic E-state index is 0. The molecule has 0 fully saturated rings. The Hall–Kier alpha value is 1.67. The third-order valence-electron chi connectivity index (χ3n) is 0. The van der Waals surface area contributed by atoms with Gasteiger partial charge >= 0.3 is 41.3 Å². The van der Waals surface area contributed by atoms with Gasteiger partial charge < -0.3 is 14.9 Å². The Morgan fingerprint density at radius 2 is 1.00 bits per heavy atom. The molecule has 0 atom stereocenters. The van der Waals surface area contributed by atoms with Crippen molar-refractivity contribution in [1.82, 2.24) is 0 Å². The molecule has 0 rings (SSSR count). The third-order valence-corrected chi connectivity index (χ3v) is 0. The summed E-state index contributed by atoms with van der Waals surface area (Å²) >= 11 is 6.50. The molecule has 3 heteroatoms. The van der Waals surface area contributed by atoms with Gasteiger partial charge in [0.25, 0.3) is 0 Å². The average molecular weight is 238 g/mol. The van der Waals surface area contributed by atoms with E-state index in [1.54, 1.807) is 0 Å². The van der Waals surface area contributed by atoms with E-state index in [9.17, 15) is 0 Å². The zero-order chi connectivity index (χ0) is 2.71. The van der Waals surface area contributed by atoms with Crippen LogP contribution in [0.1, 0.15) is 0 Å². The van der Waals surface area contributed by atoms with Crippen molar-refractivity contribution in [1.29, 1.82) is 0 Å². The molecule has 5 heavy (non-hydrogen) atoms. The Morgan fingerprint density at radius 3 is 1.00 bits per heavy atom. The number of hydrogen-bond acceptors (Lipinski definition) is 0. The van der Waals surface area contributed by atoms with Crippen LogP contribution in [0, 0.1) is 14.9 Å². The Morgan fingerprint density at radius 1 is 1.00 bits per heavy atom. The van der Waals surface area contributed by atoms with Gasteiger partial charge in [0.15, 0.2) is 0 Å². The second kappa shape index (κ2) is 17.3. The van der Waals surface area contributed by atoms with Gasteiger partial charge in [-0.05, 0) is 0 Å². The van der Waals surface area contributed by atoms with Crippen LogP contribution in [0.25, 0.3) is 0 Å². The molecular formula is C2H6Br2Ti-2. The van der Waals surface area contributed by atoms with Gasteiger partial charge in [-0.2, -0.15) is 0 Å². The Kier molecular flexibility index (Phi) is 55.2. The molecule has 0 aromatic heterocycles. The second-order valence-corrected chi connectivity index (χ2v) is 7.95. The molecule has 0 heterocycles. The topological polar surface area (TPSA) is 0 Å². The van der Waals surface area contributed by atoms with E-state index in [1.807, 2.05) is 0 Å². The molecular weight excluding hydrogens is 232 g/mol. The Bertz CT molecular complexity index is 7.61. The van der Waals surface area contributed by atoms with E-state index in [1.165, 1.54) is 0 Å². The van der Waals surface area contributed by atoms with Gasteiger partial charge in [0.05, 0.1) is 0 Å². The normalized spacial score (nSPS) is 2.80. The smallest absolute Gasteiger partial charge is 0.358 e. The molecule has 0 unspecified atom stereocenters. The maximum atomic E-state index is 3.19. The van der Waals surface area contributed by atoms with Crippen molar-refractivity contribution < 1.29 is 15.0 Å². The minimum atomic E-state index is 0. The quantitative estimate of drug-likeness (QED) is 0.449. The number of hydrogen-bond donors (Lipinski definition) is 0. The van der Waals surface area contributed by atoms with Crippen LogP contribution >= 0.6 is 26.3 Å². The van der Waals surface area contributed by atoms with Crippen LogP contribution in [0.15, 0.2) is 0 Å². The summed E-state index contributed by atoms with van der Waals surface area (Å²) in [7, 11) is 0. The molecule has 0 saturated carbocycles. The average Bonchev–Trinajstić information content (AvgIpc) is 0.918. The summed E-state index contributed by atoms with van der Waals surface area (Å²) in [6.45, 7) is 0. The van der Waals surface area contributed by atoms with Crippen molar-refractivity contribution >= 4 is 26.3 Å². The monoisotopic (exact) mass is 236 g/mol. The zero-order valence-corrected chi connectivity index (χ0v) is 7.99. The first kappa shape index (κ1) is 15.9. The fraction of sp³-hybridized carbons (Fsp3) is 0. The zero-order valence-electron chi connectivity index (χ0n) is 3.26. The van der Waals surface area contributed by atoms with Crippen LogP contribution in [0.3, 0.4) is 0 Å². The van der Waals surface area contributed by atoms with Gasteiger partial charge in [0, 0.05) is 0 Å². The maximum Gasteiger partial charge on any atom is -0.358 e. The fourth-order valence-electron chi connectivity index (χ4n) is 0. The predicted octanol–water partition coefficient (Wildman–Crippen LogP) is 2.59. The van der Waals surface area contributed by atoms with Crippen molar-refractivity contribution in [2.75, 3.05) is 0 Å². The molecule has 0 nitrogen and oxygen atoms in total. The van der Waals surface area contributed by atoms with Crippen molar-refractivity contribution in [2.45, 2.75) is 0 Å². The first-order chi connectivity index (χ1) is 1.41. The summed E-state index contributed by atoms with van der Waals surface area (Å²) in [6.07, 6.45) is 0. The molecule has 0 aliphatic carbocycles. The molecule has 0 bridgehead atoms. The molecule has 0 aromatic carbocycles. The molecule has 0 amide bonds. The Labute approximate surface area is 55.7 Å². The van der Waals surface area contributed by atoms with Gasteiger partial charge in [0.2, 0.25) is 0 Å². The minimum Gasteiger partial charge on any atom is -0.358 e. The van der Waals surface area contributed by atoms with E-state index >= 15 is 0 Å². The summed E-state index contributed by atoms with van der Waals surface area (Å²) in [4.78, 5) is 0. The molecule has 0 aliphatic heterocycles. The largest absolute Gasteiger partial charge is 0.358 e. The van der Waals surface area contributed by atoms with E-state index in [4.69, 9.17) is 0 Å². The van der Waals surface area contributed by atoms with Gasteiger partial charge in [-0.15, -0.1) is 0 Å². The van der Waals surface area contributed by atoms with Crippen LogP contribution in [0.5, 0.6) is 0 Å². The van der Waals surface area contributed by atoms with Crippen molar-refractivity contribution in [2.24, 2.45) is 0 Å². The summed E-state index contributed by atoms with van der Waals surface area (Å²) in [5, 5.41) is 0. The predicted molar refractivity (Wildman–Crippen MR) is 30.7 cm³/mol. The summed E-state index contributed by atoms with van der Waals surface area (Å²) in [5.41, 5.74) is 0.